The summed E-state index contributed by atoms with van der Waals surface area (Å²) in [7, 11) is 0. The van der Waals surface area contributed by atoms with Crippen LogP contribution in [0.1, 0.15) is 70.6 Å². The summed E-state index contributed by atoms with van der Waals surface area (Å²) in [5.41, 5.74) is 0. The second-order valence-electron chi connectivity index (χ2n) is 7.32. The number of carbonyl (C=O) groups is 1. The van der Waals surface area contributed by atoms with Crippen molar-refractivity contribution in [3.05, 3.63) is 0 Å². The predicted octanol–water partition coefficient (Wildman–Crippen LogP) is 3.42. The van der Waals surface area contributed by atoms with Crippen molar-refractivity contribution >= 4 is 18.3 Å². The van der Waals surface area contributed by atoms with Crippen LogP contribution in [0.25, 0.3) is 0 Å². The maximum Gasteiger partial charge on any atom is 0.220 e. The summed E-state index contributed by atoms with van der Waals surface area (Å²) in [4.78, 5) is 12.1. The molecule has 21 heavy (non-hydrogen) atoms. The Morgan fingerprint density at radius 3 is 2.29 bits per heavy atom. The van der Waals surface area contributed by atoms with Gasteiger partial charge in [-0.25, -0.2) is 0 Å². The summed E-state index contributed by atoms with van der Waals surface area (Å²) in [6, 6.07) is 1.41. The van der Waals surface area contributed by atoms with E-state index >= 15 is 0 Å². The quantitative estimate of drug-likeness (QED) is 0.816. The molecule has 0 spiro atoms. The molecular weight excluding hydrogens is 284 g/mol. The fourth-order valence-corrected chi connectivity index (χ4v) is 4.57. The molecule has 0 aromatic carbocycles. The van der Waals surface area contributed by atoms with E-state index in [0.717, 1.165) is 18.9 Å². The van der Waals surface area contributed by atoms with Crippen LogP contribution in [-0.2, 0) is 4.79 Å². The highest BCUT2D eigenvalue weighted by Gasteiger charge is 2.34. The van der Waals surface area contributed by atoms with E-state index in [-0.39, 0.29) is 12.4 Å². The standard InChI is InChI=1S/C17H30N2O.ClH/c20-17(18-9-8-13-4-2-1-3-5-13)12-14-10-15-6-7-16(11-14)19-15;/h13-16,19H,1-12H2,(H,18,20);1H. The van der Waals surface area contributed by atoms with E-state index < -0.39 is 0 Å². The Hall–Kier alpha value is -0.280. The van der Waals surface area contributed by atoms with Gasteiger partial charge in [0.05, 0.1) is 0 Å². The van der Waals surface area contributed by atoms with E-state index in [2.05, 4.69) is 10.6 Å². The lowest BCUT2D eigenvalue weighted by atomic mass is 9.87. The Kier molecular flexibility index (Phi) is 6.81. The Bertz CT molecular complexity index is 319. The normalized spacial score (nSPS) is 32.5. The fraction of sp³-hybridized carbons (Fsp3) is 0.941. The molecule has 4 heteroatoms. The zero-order valence-corrected chi connectivity index (χ0v) is 13.9. The lowest BCUT2D eigenvalue weighted by Gasteiger charge is -2.28. The van der Waals surface area contributed by atoms with Crippen LogP contribution in [0, 0.1) is 11.8 Å². The van der Waals surface area contributed by atoms with Gasteiger partial charge in [-0.2, -0.15) is 0 Å². The van der Waals surface area contributed by atoms with Crippen molar-refractivity contribution in [2.24, 2.45) is 11.8 Å². The molecule has 1 saturated carbocycles. The SMILES string of the molecule is Cl.O=C(CC1CC2CCC(C1)N2)NCCC1CCCCC1. The monoisotopic (exact) mass is 314 g/mol. The summed E-state index contributed by atoms with van der Waals surface area (Å²) in [5.74, 6) is 1.80. The van der Waals surface area contributed by atoms with Gasteiger partial charge in [-0.15, -0.1) is 12.4 Å². The molecule has 2 aliphatic heterocycles. The molecular formula is C17H31ClN2O. The zero-order valence-electron chi connectivity index (χ0n) is 13.1. The lowest BCUT2D eigenvalue weighted by molar-refractivity contribution is -0.122. The van der Waals surface area contributed by atoms with Crippen molar-refractivity contribution in [2.75, 3.05) is 6.54 Å². The molecule has 0 radical (unpaired) electrons. The van der Waals surface area contributed by atoms with Crippen LogP contribution in [0.4, 0.5) is 0 Å². The van der Waals surface area contributed by atoms with Crippen LogP contribution in [0.5, 0.6) is 0 Å². The number of amides is 1. The van der Waals surface area contributed by atoms with E-state index in [9.17, 15) is 4.79 Å². The zero-order chi connectivity index (χ0) is 13.8. The van der Waals surface area contributed by atoms with Crippen molar-refractivity contribution in [2.45, 2.75) is 82.7 Å². The average Bonchev–Trinajstić information content (AvgIpc) is 2.79. The van der Waals surface area contributed by atoms with Gasteiger partial charge < -0.3 is 10.6 Å². The van der Waals surface area contributed by atoms with Gasteiger partial charge in [0.2, 0.25) is 5.91 Å². The van der Waals surface area contributed by atoms with Crippen LogP contribution in [0.2, 0.25) is 0 Å². The van der Waals surface area contributed by atoms with Gasteiger partial charge in [0.1, 0.15) is 0 Å². The molecule has 2 saturated heterocycles. The minimum absolute atomic E-state index is 0. The van der Waals surface area contributed by atoms with Crippen LogP contribution in [0.15, 0.2) is 0 Å². The summed E-state index contributed by atoms with van der Waals surface area (Å²) in [6.07, 6.45) is 14.0. The van der Waals surface area contributed by atoms with Crippen molar-refractivity contribution in [1.29, 1.82) is 0 Å². The van der Waals surface area contributed by atoms with Gasteiger partial charge in [-0.05, 0) is 43.9 Å². The molecule has 0 aromatic rings. The number of carbonyl (C=O) groups excluding carboxylic acids is 1. The van der Waals surface area contributed by atoms with Gasteiger partial charge in [-0.3, -0.25) is 4.79 Å². The highest BCUT2D eigenvalue weighted by Crippen LogP contribution is 2.32. The number of piperidine rings is 1. The first kappa shape index (κ1) is 17.1. The Morgan fingerprint density at radius 2 is 1.62 bits per heavy atom. The number of halogens is 1. The summed E-state index contributed by atoms with van der Waals surface area (Å²) in [6.45, 7) is 0.904. The molecule has 3 fully saturated rings. The third-order valence-electron chi connectivity index (χ3n) is 5.64. The smallest absolute Gasteiger partial charge is 0.220 e. The number of fused-ring (bicyclic) bond motifs is 2. The number of nitrogens with one attached hydrogen (secondary N) is 2. The van der Waals surface area contributed by atoms with Crippen molar-refractivity contribution in [3.8, 4) is 0 Å². The minimum Gasteiger partial charge on any atom is -0.356 e. The van der Waals surface area contributed by atoms with Crippen molar-refractivity contribution in [3.63, 3.8) is 0 Å². The first-order chi connectivity index (χ1) is 9.79. The van der Waals surface area contributed by atoms with Crippen LogP contribution in [0.3, 0.4) is 0 Å². The molecule has 2 N–H and O–H groups in total. The van der Waals surface area contributed by atoms with Crippen LogP contribution >= 0.6 is 12.4 Å². The fourth-order valence-electron chi connectivity index (χ4n) is 4.57. The Balaban J connectivity index is 0.00000161. The highest BCUT2D eigenvalue weighted by atomic mass is 35.5. The maximum atomic E-state index is 12.1. The molecule has 1 aliphatic carbocycles. The van der Waals surface area contributed by atoms with Gasteiger partial charge in [0.15, 0.2) is 0 Å². The lowest BCUT2D eigenvalue weighted by Crippen LogP contribution is -2.39. The number of hydrogen-bond donors (Lipinski definition) is 2. The minimum atomic E-state index is 0. The van der Waals surface area contributed by atoms with E-state index in [0.29, 0.717) is 23.9 Å². The third kappa shape index (κ3) is 5.14. The summed E-state index contributed by atoms with van der Waals surface area (Å²) >= 11 is 0. The molecule has 122 valence electrons. The largest absolute Gasteiger partial charge is 0.356 e. The Labute approximate surface area is 135 Å². The van der Waals surface area contributed by atoms with Gasteiger partial charge in [0, 0.05) is 25.0 Å². The first-order valence-corrected chi connectivity index (χ1v) is 8.82. The number of hydrogen-bond acceptors (Lipinski definition) is 2. The maximum absolute atomic E-state index is 12.1. The molecule has 3 rings (SSSR count). The van der Waals surface area contributed by atoms with E-state index in [1.165, 1.54) is 64.2 Å². The van der Waals surface area contributed by atoms with Gasteiger partial charge in [0.25, 0.3) is 0 Å². The summed E-state index contributed by atoms with van der Waals surface area (Å²) in [5, 5.41) is 6.82. The highest BCUT2D eigenvalue weighted by molar-refractivity contribution is 5.85. The summed E-state index contributed by atoms with van der Waals surface area (Å²) < 4.78 is 0. The van der Waals surface area contributed by atoms with Gasteiger partial charge >= 0.3 is 0 Å². The first-order valence-electron chi connectivity index (χ1n) is 8.82. The topological polar surface area (TPSA) is 41.1 Å². The molecule has 1 amide bonds. The molecule has 2 unspecified atom stereocenters. The van der Waals surface area contributed by atoms with E-state index in [4.69, 9.17) is 0 Å². The second kappa shape index (κ2) is 8.38. The van der Waals surface area contributed by atoms with Crippen molar-refractivity contribution < 1.29 is 4.79 Å². The van der Waals surface area contributed by atoms with E-state index in [1.54, 1.807) is 0 Å². The molecule has 2 bridgehead atoms. The molecule has 2 heterocycles. The predicted molar refractivity (Wildman–Crippen MR) is 88.7 cm³/mol. The molecule has 2 atom stereocenters. The molecule has 0 aromatic heterocycles. The van der Waals surface area contributed by atoms with Crippen LogP contribution < -0.4 is 10.6 Å². The molecule has 3 aliphatic rings. The number of rotatable bonds is 5. The Morgan fingerprint density at radius 1 is 0.952 bits per heavy atom. The second-order valence-corrected chi connectivity index (χ2v) is 7.32. The van der Waals surface area contributed by atoms with Crippen molar-refractivity contribution in [1.82, 2.24) is 10.6 Å². The third-order valence-corrected chi connectivity index (χ3v) is 5.64. The van der Waals surface area contributed by atoms with E-state index in [1.807, 2.05) is 0 Å². The van der Waals surface area contributed by atoms with Crippen LogP contribution in [-0.4, -0.2) is 24.5 Å². The van der Waals surface area contributed by atoms with Gasteiger partial charge in [-0.1, -0.05) is 32.1 Å². The molecule has 3 nitrogen and oxygen atoms in total. The average molecular weight is 315 g/mol.